The van der Waals surface area contributed by atoms with Crippen LogP contribution in [-0.2, 0) is 28.1 Å². The molecule has 0 amide bonds. The molecule has 1 atom stereocenters. The molecule has 0 aromatic carbocycles. The smallest absolute Gasteiger partial charge is 0.307 e. The first kappa shape index (κ1) is 17.0. The van der Waals surface area contributed by atoms with E-state index in [1.807, 2.05) is 6.07 Å². The average Bonchev–Trinajstić information content (AvgIpc) is 3.11. The molecule has 6 nitrogen and oxygen atoms in total. The number of ether oxygens (including phenoxy) is 1. The molecule has 0 fully saturated rings. The minimum absolute atomic E-state index is 0.0581. The number of H-pyrrole nitrogens is 1. The quantitative estimate of drug-likeness (QED) is 0.626. The molecule has 0 saturated heterocycles. The van der Waals surface area contributed by atoms with Crippen LogP contribution in [0.4, 0.5) is 0 Å². The molecule has 3 rings (SSSR count). The Morgan fingerprint density at radius 2 is 2.38 bits per heavy atom. The summed E-state index contributed by atoms with van der Waals surface area (Å²) in [5.74, 6) is 1.34. The van der Waals surface area contributed by atoms with Crippen LogP contribution >= 0.6 is 23.1 Å². The molecule has 2 aromatic rings. The monoisotopic (exact) mass is 363 g/mol. The number of nitrogens with zero attached hydrogens (tertiary/aromatic N) is 2. The fourth-order valence-corrected chi connectivity index (χ4v) is 4.79. The van der Waals surface area contributed by atoms with Crippen LogP contribution in [0.2, 0.25) is 0 Å². The summed E-state index contributed by atoms with van der Waals surface area (Å²) in [4.78, 5) is 33.3. The van der Waals surface area contributed by atoms with Gasteiger partial charge in [0.2, 0.25) is 0 Å². The fourth-order valence-electron chi connectivity index (χ4n) is 2.72. The van der Waals surface area contributed by atoms with Crippen molar-refractivity contribution in [2.75, 3.05) is 5.75 Å². The number of esters is 1. The van der Waals surface area contributed by atoms with E-state index in [0.717, 1.165) is 29.5 Å². The summed E-state index contributed by atoms with van der Waals surface area (Å²) >= 11 is 3.13. The molecule has 0 unspecified atom stereocenters. The van der Waals surface area contributed by atoms with Gasteiger partial charge in [-0.2, -0.15) is 17.0 Å². The Kier molecular flexibility index (Phi) is 5.21. The number of hydrogen-bond acceptors (Lipinski definition) is 7. The van der Waals surface area contributed by atoms with Crippen molar-refractivity contribution in [1.82, 2.24) is 9.97 Å². The first-order valence-corrected chi connectivity index (χ1v) is 9.76. The van der Waals surface area contributed by atoms with Gasteiger partial charge in [-0.1, -0.05) is 0 Å². The molecule has 0 radical (unpaired) electrons. The maximum atomic E-state index is 12.3. The zero-order chi connectivity index (χ0) is 17.1. The van der Waals surface area contributed by atoms with Crippen molar-refractivity contribution in [3.63, 3.8) is 0 Å². The van der Waals surface area contributed by atoms with Crippen LogP contribution < -0.4 is 5.56 Å². The highest BCUT2D eigenvalue weighted by Crippen LogP contribution is 2.34. The van der Waals surface area contributed by atoms with Crippen LogP contribution in [0, 0.1) is 11.3 Å². The van der Waals surface area contributed by atoms with Crippen molar-refractivity contribution in [3.05, 3.63) is 26.6 Å². The molecular formula is C16H17N3O3S2. The van der Waals surface area contributed by atoms with E-state index in [9.17, 15) is 9.59 Å². The van der Waals surface area contributed by atoms with E-state index in [4.69, 9.17) is 10.00 Å². The zero-order valence-corrected chi connectivity index (χ0v) is 14.9. The molecule has 2 heterocycles. The molecule has 1 N–H and O–H groups in total. The molecule has 2 aromatic heterocycles. The number of nitriles is 1. The van der Waals surface area contributed by atoms with E-state index < -0.39 is 6.10 Å². The molecule has 24 heavy (non-hydrogen) atoms. The van der Waals surface area contributed by atoms with Crippen LogP contribution in [0.5, 0.6) is 0 Å². The van der Waals surface area contributed by atoms with Crippen LogP contribution in [0.25, 0.3) is 10.2 Å². The summed E-state index contributed by atoms with van der Waals surface area (Å²) in [7, 11) is 0. The lowest BCUT2D eigenvalue weighted by Crippen LogP contribution is -2.13. The van der Waals surface area contributed by atoms with Gasteiger partial charge in [-0.05, 0) is 31.7 Å². The maximum Gasteiger partial charge on any atom is 0.307 e. The number of hydrogen-bond donors (Lipinski definition) is 1. The SMILES string of the molecule is C[C@H](C#N)OC(=O)CCSCc1nc2sc3c(c2c(=O)[nH]1)CCC3. The van der Waals surface area contributed by atoms with Crippen LogP contribution in [-0.4, -0.2) is 27.8 Å². The van der Waals surface area contributed by atoms with Gasteiger partial charge in [0.25, 0.3) is 5.56 Å². The van der Waals surface area contributed by atoms with E-state index in [1.165, 1.54) is 29.1 Å². The number of fused-ring (bicyclic) bond motifs is 3. The molecule has 1 aliphatic rings. The van der Waals surface area contributed by atoms with Gasteiger partial charge in [-0.25, -0.2) is 4.98 Å². The number of thiophene rings is 1. The largest absolute Gasteiger partial charge is 0.447 e. The molecular weight excluding hydrogens is 346 g/mol. The lowest BCUT2D eigenvalue weighted by atomic mass is 10.2. The molecule has 0 bridgehead atoms. The number of aromatic nitrogens is 2. The Morgan fingerprint density at radius 3 is 3.17 bits per heavy atom. The third kappa shape index (κ3) is 3.62. The third-order valence-corrected chi connectivity index (χ3v) is 5.96. The Hall–Kier alpha value is -1.85. The summed E-state index contributed by atoms with van der Waals surface area (Å²) in [6.07, 6.45) is 2.65. The number of aromatic amines is 1. The molecule has 1 aliphatic carbocycles. The maximum absolute atomic E-state index is 12.3. The number of nitrogens with one attached hydrogen (secondary N) is 1. The second kappa shape index (κ2) is 7.36. The highest BCUT2D eigenvalue weighted by molar-refractivity contribution is 7.98. The summed E-state index contributed by atoms with van der Waals surface area (Å²) in [5.41, 5.74) is 1.12. The summed E-state index contributed by atoms with van der Waals surface area (Å²) < 4.78 is 4.88. The van der Waals surface area contributed by atoms with Crippen molar-refractivity contribution < 1.29 is 9.53 Å². The number of thioether (sulfide) groups is 1. The van der Waals surface area contributed by atoms with Gasteiger partial charge in [0.05, 0.1) is 17.6 Å². The van der Waals surface area contributed by atoms with E-state index in [2.05, 4.69) is 9.97 Å². The van der Waals surface area contributed by atoms with Crippen LogP contribution in [0.1, 0.15) is 36.0 Å². The van der Waals surface area contributed by atoms with Crippen molar-refractivity contribution >= 4 is 39.3 Å². The minimum atomic E-state index is -0.719. The van der Waals surface area contributed by atoms with Gasteiger partial charge in [0.1, 0.15) is 16.7 Å². The van der Waals surface area contributed by atoms with Crippen LogP contribution in [0.3, 0.4) is 0 Å². The second-order valence-corrected chi connectivity index (χ2v) is 7.80. The van der Waals surface area contributed by atoms with Gasteiger partial charge in [0.15, 0.2) is 6.10 Å². The van der Waals surface area contributed by atoms with Gasteiger partial charge in [-0.3, -0.25) is 9.59 Å². The predicted octanol–water partition coefficient (Wildman–Crippen LogP) is 2.55. The van der Waals surface area contributed by atoms with E-state index in [1.54, 1.807) is 11.3 Å². The van der Waals surface area contributed by atoms with Crippen LogP contribution in [0.15, 0.2) is 4.79 Å². The number of aryl methyl sites for hydroxylation is 2. The minimum Gasteiger partial charge on any atom is -0.447 e. The number of carbonyl (C=O) groups is 1. The fraction of sp³-hybridized carbons (Fsp3) is 0.500. The number of carbonyl (C=O) groups excluding carboxylic acids is 1. The predicted molar refractivity (Wildman–Crippen MR) is 94.2 cm³/mol. The standard InChI is InChI=1S/C16H17N3O3S2/c1-9(7-17)22-13(20)5-6-23-8-12-18-15(21)14-10-3-2-4-11(10)24-16(14)19-12/h9H,2-6,8H2,1H3,(H,18,19,21)/t9-/m1/s1. The van der Waals surface area contributed by atoms with Gasteiger partial charge >= 0.3 is 5.97 Å². The molecule has 0 spiro atoms. The molecule has 8 heteroatoms. The highest BCUT2D eigenvalue weighted by Gasteiger charge is 2.21. The zero-order valence-electron chi connectivity index (χ0n) is 13.3. The van der Waals surface area contributed by atoms with Crippen molar-refractivity contribution in [2.45, 2.75) is 44.5 Å². The Balaban J connectivity index is 1.58. The summed E-state index contributed by atoms with van der Waals surface area (Å²) in [6, 6.07) is 1.85. The molecule has 126 valence electrons. The Bertz CT molecular complexity index is 866. The highest BCUT2D eigenvalue weighted by atomic mass is 32.2. The molecule has 0 saturated carbocycles. The lowest BCUT2D eigenvalue weighted by Gasteiger charge is -2.05. The number of rotatable bonds is 6. The van der Waals surface area contributed by atoms with E-state index in [0.29, 0.717) is 17.3 Å². The van der Waals surface area contributed by atoms with E-state index >= 15 is 0 Å². The molecule has 0 aliphatic heterocycles. The first-order chi connectivity index (χ1) is 11.6. The summed E-state index contributed by atoms with van der Waals surface area (Å²) in [5, 5.41) is 9.35. The van der Waals surface area contributed by atoms with Gasteiger partial charge < -0.3 is 9.72 Å². The lowest BCUT2D eigenvalue weighted by molar-refractivity contribution is -0.145. The topological polar surface area (TPSA) is 95.8 Å². The second-order valence-electron chi connectivity index (χ2n) is 5.61. The van der Waals surface area contributed by atoms with Crippen molar-refractivity contribution in [2.24, 2.45) is 0 Å². The van der Waals surface area contributed by atoms with Gasteiger partial charge in [-0.15, -0.1) is 11.3 Å². The van der Waals surface area contributed by atoms with Crippen molar-refractivity contribution in [3.8, 4) is 6.07 Å². The van der Waals surface area contributed by atoms with Gasteiger partial charge in [0, 0.05) is 10.6 Å². The van der Waals surface area contributed by atoms with Crippen molar-refractivity contribution in [1.29, 1.82) is 5.26 Å². The first-order valence-electron chi connectivity index (χ1n) is 7.78. The van der Waals surface area contributed by atoms with E-state index in [-0.39, 0.29) is 17.9 Å². The summed E-state index contributed by atoms with van der Waals surface area (Å²) in [6.45, 7) is 1.54. The normalized spacial score (nSPS) is 14.3. The third-order valence-electron chi connectivity index (χ3n) is 3.80. The Labute approximate surface area is 147 Å². The Morgan fingerprint density at radius 1 is 1.54 bits per heavy atom. The average molecular weight is 363 g/mol.